The Kier molecular flexibility index (Phi) is 2.82. The van der Waals surface area contributed by atoms with Crippen molar-refractivity contribution in [3.63, 3.8) is 0 Å². The molecule has 0 unspecified atom stereocenters. The summed E-state index contributed by atoms with van der Waals surface area (Å²) in [5.74, 6) is 0. The van der Waals surface area contributed by atoms with Crippen LogP contribution in [0.1, 0.15) is 51.4 Å². The second-order valence-corrected chi connectivity index (χ2v) is 5.27. The predicted molar refractivity (Wildman–Crippen MR) is 69.3 cm³/mol. The molecule has 0 N–H and O–H groups in total. The van der Waals surface area contributed by atoms with Gasteiger partial charge in [0.25, 0.3) is 0 Å². The summed E-state index contributed by atoms with van der Waals surface area (Å²) in [7, 11) is 0. The molecule has 0 spiro atoms. The van der Waals surface area contributed by atoms with E-state index in [1.54, 1.807) is 22.3 Å². The van der Waals surface area contributed by atoms with Crippen LogP contribution in [0.3, 0.4) is 0 Å². The Balaban J connectivity index is 1.80. The van der Waals surface area contributed by atoms with Crippen molar-refractivity contribution in [2.45, 2.75) is 51.4 Å². The topological polar surface area (TPSA) is 0 Å². The highest BCUT2D eigenvalue weighted by Gasteiger charge is 2.11. The third kappa shape index (κ3) is 2.21. The predicted octanol–water partition coefficient (Wildman–Crippen LogP) is 4.85. The van der Waals surface area contributed by atoms with Crippen molar-refractivity contribution in [1.29, 1.82) is 0 Å². The zero-order valence-electron chi connectivity index (χ0n) is 9.97. The number of allylic oxidation sites excluding steroid dienone is 8. The highest BCUT2D eigenvalue weighted by molar-refractivity contribution is 5.28. The molecule has 0 aromatic rings. The van der Waals surface area contributed by atoms with Crippen LogP contribution in [-0.4, -0.2) is 0 Å². The van der Waals surface area contributed by atoms with E-state index in [9.17, 15) is 0 Å². The highest BCUT2D eigenvalue weighted by Crippen LogP contribution is 2.31. The van der Waals surface area contributed by atoms with Crippen LogP contribution in [0.15, 0.2) is 46.6 Å². The first kappa shape index (κ1) is 10.1. The third-order valence-electron chi connectivity index (χ3n) is 4.15. The molecule has 0 amide bonds. The van der Waals surface area contributed by atoms with Crippen LogP contribution in [0, 0.1) is 0 Å². The number of hydrogen-bond acceptors (Lipinski definition) is 0. The summed E-state index contributed by atoms with van der Waals surface area (Å²) in [6, 6.07) is 0. The summed E-state index contributed by atoms with van der Waals surface area (Å²) in [6.07, 6.45) is 20.0. The van der Waals surface area contributed by atoms with Gasteiger partial charge in [-0.2, -0.15) is 0 Å². The summed E-state index contributed by atoms with van der Waals surface area (Å²) in [6.45, 7) is 0. The minimum atomic E-state index is 1.22. The second-order valence-electron chi connectivity index (χ2n) is 5.27. The average molecular weight is 212 g/mol. The van der Waals surface area contributed by atoms with Gasteiger partial charge in [0.2, 0.25) is 0 Å². The summed E-state index contributed by atoms with van der Waals surface area (Å²) < 4.78 is 0. The Labute approximate surface area is 98.4 Å². The van der Waals surface area contributed by atoms with Crippen molar-refractivity contribution >= 4 is 0 Å². The van der Waals surface area contributed by atoms with Crippen molar-refractivity contribution in [3.05, 3.63) is 46.6 Å². The van der Waals surface area contributed by atoms with Crippen LogP contribution in [-0.2, 0) is 0 Å². The molecule has 0 aromatic heterocycles. The maximum absolute atomic E-state index is 2.49. The summed E-state index contributed by atoms with van der Waals surface area (Å²) >= 11 is 0. The van der Waals surface area contributed by atoms with E-state index in [-0.39, 0.29) is 0 Å². The minimum absolute atomic E-state index is 1.22. The average Bonchev–Trinajstić information content (AvgIpc) is 2.33. The molecule has 6 aliphatic rings. The Morgan fingerprint density at radius 1 is 0.438 bits per heavy atom. The molecular weight excluding hydrogens is 192 g/mol. The zero-order valence-corrected chi connectivity index (χ0v) is 9.97. The Bertz CT molecular complexity index is 322. The van der Waals surface area contributed by atoms with E-state index in [0.717, 1.165) is 0 Å². The smallest absolute Gasteiger partial charge is 0.0136 e. The Hall–Kier alpha value is -1.04. The first-order chi connectivity index (χ1) is 7.90. The van der Waals surface area contributed by atoms with E-state index in [2.05, 4.69) is 24.3 Å². The summed E-state index contributed by atoms with van der Waals surface area (Å²) in [4.78, 5) is 0. The van der Waals surface area contributed by atoms with Crippen molar-refractivity contribution in [3.8, 4) is 0 Å². The van der Waals surface area contributed by atoms with Gasteiger partial charge in [-0.05, 0) is 51.4 Å². The SMILES string of the molecule is C1=C2CC=C(C1)CCC1=CCC(=CC1)CC2. The van der Waals surface area contributed by atoms with Gasteiger partial charge in [0.15, 0.2) is 0 Å². The lowest BCUT2D eigenvalue weighted by molar-refractivity contribution is 0.781. The van der Waals surface area contributed by atoms with E-state index in [0.29, 0.717) is 0 Å². The van der Waals surface area contributed by atoms with Crippen molar-refractivity contribution < 1.29 is 0 Å². The van der Waals surface area contributed by atoms with E-state index in [1.807, 2.05) is 0 Å². The van der Waals surface area contributed by atoms with Gasteiger partial charge in [-0.3, -0.25) is 0 Å². The number of rotatable bonds is 0. The molecule has 0 aromatic carbocycles. The molecular formula is C16H20. The molecule has 16 heavy (non-hydrogen) atoms. The van der Waals surface area contributed by atoms with E-state index in [4.69, 9.17) is 0 Å². The van der Waals surface area contributed by atoms with Crippen LogP contribution in [0.5, 0.6) is 0 Å². The lowest BCUT2D eigenvalue weighted by atomic mass is 9.86. The maximum Gasteiger partial charge on any atom is -0.0136 e. The molecule has 0 heterocycles. The Morgan fingerprint density at radius 3 is 0.875 bits per heavy atom. The van der Waals surface area contributed by atoms with Gasteiger partial charge in [0.05, 0.1) is 0 Å². The monoisotopic (exact) mass is 212 g/mol. The van der Waals surface area contributed by atoms with Crippen LogP contribution in [0.25, 0.3) is 0 Å². The third-order valence-corrected chi connectivity index (χ3v) is 4.15. The first-order valence-electron chi connectivity index (χ1n) is 6.62. The molecule has 0 nitrogen and oxygen atoms in total. The molecule has 4 bridgehead atoms. The molecule has 6 aliphatic carbocycles. The molecule has 84 valence electrons. The van der Waals surface area contributed by atoms with Crippen molar-refractivity contribution in [2.24, 2.45) is 0 Å². The molecule has 0 aliphatic heterocycles. The summed E-state index contributed by atoms with van der Waals surface area (Å²) in [5.41, 5.74) is 6.67. The van der Waals surface area contributed by atoms with Gasteiger partial charge >= 0.3 is 0 Å². The van der Waals surface area contributed by atoms with Crippen molar-refractivity contribution in [1.82, 2.24) is 0 Å². The largest absolute Gasteiger partial charge is 0.0809 e. The van der Waals surface area contributed by atoms with Gasteiger partial charge in [-0.15, -0.1) is 0 Å². The standard InChI is InChI=1S/C16H20/c1-2-14-4-3-13(1)9-10-15-5-7-16(8-6-15)12-11-14/h1,4-5,8H,2-3,6-7,9-12H2. The van der Waals surface area contributed by atoms with Crippen LogP contribution < -0.4 is 0 Å². The normalized spacial score (nSPS) is 25.0. The fourth-order valence-corrected chi connectivity index (χ4v) is 2.89. The van der Waals surface area contributed by atoms with Gasteiger partial charge in [-0.25, -0.2) is 0 Å². The molecule has 6 rings (SSSR count). The van der Waals surface area contributed by atoms with Crippen molar-refractivity contribution in [2.75, 3.05) is 0 Å². The molecule has 0 saturated carbocycles. The van der Waals surface area contributed by atoms with E-state index >= 15 is 0 Å². The minimum Gasteiger partial charge on any atom is -0.0809 e. The van der Waals surface area contributed by atoms with E-state index in [1.165, 1.54) is 51.4 Å². The van der Waals surface area contributed by atoms with Crippen LogP contribution in [0.4, 0.5) is 0 Å². The quantitative estimate of drug-likeness (QED) is 0.503. The number of hydrogen-bond donors (Lipinski definition) is 0. The first-order valence-corrected chi connectivity index (χ1v) is 6.62. The summed E-state index contributed by atoms with van der Waals surface area (Å²) in [5, 5.41) is 0. The second kappa shape index (κ2) is 4.45. The molecule has 0 heteroatoms. The van der Waals surface area contributed by atoms with Gasteiger partial charge < -0.3 is 0 Å². The van der Waals surface area contributed by atoms with E-state index < -0.39 is 0 Å². The fourth-order valence-electron chi connectivity index (χ4n) is 2.89. The molecule has 0 atom stereocenters. The lowest BCUT2D eigenvalue weighted by Gasteiger charge is -2.20. The van der Waals surface area contributed by atoms with Crippen LogP contribution in [0.2, 0.25) is 0 Å². The maximum atomic E-state index is 2.49. The lowest BCUT2D eigenvalue weighted by Crippen LogP contribution is -2.00. The van der Waals surface area contributed by atoms with Crippen LogP contribution >= 0.6 is 0 Å². The fraction of sp³-hybridized carbons (Fsp3) is 0.500. The molecule has 0 fully saturated rings. The Morgan fingerprint density at radius 2 is 0.688 bits per heavy atom. The van der Waals surface area contributed by atoms with Gasteiger partial charge in [0, 0.05) is 0 Å². The molecule has 0 radical (unpaired) electrons. The van der Waals surface area contributed by atoms with Gasteiger partial charge in [0.1, 0.15) is 0 Å². The van der Waals surface area contributed by atoms with Gasteiger partial charge in [-0.1, -0.05) is 46.6 Å². The highest BCUT2D eigenvalue weighted by atomic mass is 14.2. The zero-order chi connectivity index (χ0) is 10.8. The molecule has 0 saturated heterocycles.